The van der Waals surface area contributed by atoms with Gasteiger partial charge in [-0.05, 0) is 101 Å². The minimum absolute atomic E-state index is 0.0266. The Labute approximate surface area is 487 Å². The number of H-pyrrole nitrogens is 2. The average molecular weight is 1180 g/mol. The van der Waals surface area contributed by atoms with E-state index in [0.717, 1.165) is 22.2 Å². The van der Waals surface area contributed by atoms with E-state index in [-0.39, 0.29) is 75.1 Å². The fourth-order valence-corrected chi connectivity index (χ4v) is 10.3. The van der Waals surface area contributed by atoms with E-state index in [9.17, 15) is 63.3 Å². The summed E-state index contributed by atoms with van der Waals surface area (Å²) in [7, 11) is 0. The van der Waals surface area contributed by atoms with Crippen LogP contribution < -0.4 is 53.6 Å². The summed E-state index contributed by atoms with van der Waals surface area (Å²) in [4.78, 5) is 149. The van der Waals surface area contributed by atoms with Crippen molar-refractivity contribution in [1.82, 2.24) is 67.7 Å². The van der Waals surface area contributed by atoms with Gasteiger partial charge in [0.25, 0.3) is 0 Å². The van der Waals surface area contributed by atoms with E-state index in [1.54, 1.807) is 33.9 Å². The highest BCUT2D eigenvalue weighted by atomic mass is 32.1. The van der Waals surface area contributed by atoms with E-state index in [0.29, 0.717) is 43.5 Å². The van der Waals surface area contributed by atoms with Gasteiger partial charge in [-0.1, -0.05) is 45.9 Å². The molecule has 2 saturated heterocycles. The number of nitrogens with one attached hydrogen (secondary N) is 11. The number of carboxylic acid groups (broad SMARTS) is 1. The Kier molecular flexibility index (Phi) is 26.2. The summed E-state index contributed by atoms with van der Waals surface area (Å²) in [5.74, 6) is -8.80. The van der Waals surface area contributed by atoms with Crippen molar-refractivity contribution in [2.45, 2.75) is 172 Å². The Morgan fingerprint density at radius 2 is 1.30 bits per heavy atom. The average Bonchev–Trinajstić information content (AvgIpc) is 4.53. The van der Waals surface area contributed by atoms with Crippen LogP contribution in [0.25, 0.3) is 10.9 Å². The fraction of sp³-hybridized carbons (Fsp3) is 0.618. The lowest BCUT2D eigenvalue weighted by atomic mass is 10.00. The summed E-state index contributed by atoms with van der Waals surface area (Å²) < 4.78 is 0. The maximum absolute atomic E-state index is 14.6. The first-order valence-corrected chi connectivity index (χ1v) is 29.0. The number of para-hydroxylation sites is 1. The summed E-state index contributed by atoms with van der Waals surface area (Å²) >= 11 is 4.34. The predicted molar refractivity (Wildman–Crippen MR) is 308 cm³/mol. The number of unbranched alkanes of at least 4 members (excludes halogenated alkanes) is 1. The molecule has 5 rings (SSSR count). The number of aliphatic carboxylic acids is 1. The number of thiol groups is 1. The van der Waals surface area contributed by atoms with Gasteiger partial charge in [-0.2, -0.15) is 12.6 Å². The SMILES string of the molecule is CC(C)C[C@H](NC(=O)[C@@H]1CCCN1C(=O)[C@H](CO)NC(=O)[C@@H](NC(=O)[C@H](Cc1cnc[nH]1)NC(=O)[C@H](CC(C)C)NC(=O)[C@H](CCCCN)NC(=O)[C@H](Cc1c[nH]c2ccccc12)NC(=O)[C@H](CS)NC(=O)[C@@H]1CCCN1)[C@@H](C)O)C(=O)O. The zero-order chi connectivity index (χ0) is 60.9. The monoisotopic (exact) mass is 1180 g/mol. The Bertz CT molecular complexity index is 2680. The standard InChI is InChI=1S/C55H84N14O13S/c1-29(2)20-38(62-47(73)37(14-8-9-17-56)61-49(75)39(22-32-24-59-35-13-7-6-12-34(32)35)63-51(77)43(27-83)67-46(72)36-15-10-18-58-36)48(74)64-40(23-33-25-57-28-60-33)50(76)68-45(31(5)71)53(79)66-42(26-70)54(80)69-19-11-16-44(69)52(78)65-41(55(81)82)21-30(3)4/h6-7,12-13,24-25,28-31,36-45,58-59,70-71,83H,8-11,14-23,26-27,56H2,1-5H3,(H,57,60)(H,61,75)(H,62,73)(H,63,77)(H,64,74)(H,65,78)(H,66,79)(H,67,72)(H,68,76)(H,81,82)/t31-,36+,37+,38+,39+,40+,41+,42+,43+,44+,45+/m1/s1. The number of imidazole rings is 1. The Morgan fingerprint density at radius 3 is 1.92 bits per heavy atom. The molecule has 4 heterocycles. The first-order chi connectivity index (χ1) is 39.5. The van der Waals surface area contributed by atoms with Crippen molar-refractivity contribution in [3.05, 3.63) is 54.2 Å². The lowest BCUT2D eigenvalue weighted by molar-refractivity contribution is -0.146. The number of carbonyl (C=O) groups excluding carboxylic acids is 9. The number of aromatic amines is 2. The molecular formula is C55H84N14O13S. The molecule has 2 aliphatic rings. The number of likely N-dealkylation sites (tertiary alicyclic amines) is 1. The highest BCUT2D eigenvalue weighted by Crippen LogP contribution is 2.22. The molecule has 2 aromatic heterocycles. The molecule has 2 aliphatic heterocycles. The number of amides is 9. The molecule has 16 N–H and O–H groups in total. The molecule has 0 unspecified atom stereocenters. The molecule has 9 amide bonds. The molecular weight excluding hydrogens is 1100 g/mol. The number of hydrogen-bond donors (Lipinski definition) is 16. The van der Waals surface area contributed by atoms with Crippen LogP contribution >= 0.6 is 12.6 Å². The van der Waals surface area contributed by atoms with Crippen LogP contribution in [0.5, 0.6) is 0 Å². The Balaban J connectivity index is 1.33. The van der Waals surface area contributed by atoms with E-state index in [1.807, 2.05) is 24.3 Å². The van der Waals surface area contributed by atoms with Gasteiger partial charge in [-0.3, -0.25) is 43.2 Å². The first kappa shape index (κ1) is 66.7. The van der Waals surface area contributed by atoms with Crippen LogP contribution in [-0.4, -0.2) is 193 Å². The van der Waals surface area contributed by atoms with Crippen LogP contribution in [0.15, 0.2) is 43.0 Å². The van der Waals surface area contributed by atoms with Gasteiger partial charge in [0, 0.05) is 54.1 Å². The van der Waals surface area contributed by atoms with Crippen LogP contribution in [0.2, 0.25) is 0 Å². The predicted octanol–water partition coefficient (Wildman–Crippen LogP) is -2.09. The molecule has 0 aliphatic carbocycles. The van der Waals surface area contributed by atoms with E-state index < -0.39 is 126 Å². The Morgan fingerprint density at radius 1 is 0.699 bits per heavy atom. The van der Waals surface area contributed by atoms with E-state index in [1.165, 1.54) is 19.4 Å². The Hall–Kier alpha value is -7.14. The zero-order valence-corrected chi connectivity index (χ0v) is 48.6. The highest BCUT2D eigenvalue weighted by Gasteiger charge is 2.41. The molecule has 458 valence electrons. The van der Waals surface area contributed by atoms with E-state index >= 15 is 0 Å². The van der Waals surface area contributed by atoms with E-state index in [2.05, 4.69) is 75.4 Å². The normalized spacial score (nSPS) is 18.4. The molecule has 0 saturated carbocycles. The quantitative estimate of drug-likeness (QED) is 0.0230. The van der Waals surface area contributed by atoms with Gasteiger partial charge in [0.05, 0.1) is 25.1 Å². The summed E-state index contributed by atoms with van der Waals surface area (Å²) in [6, 6.07) is -5.48. The van der Waals surface area contributed by atoms with Gasteiger partial charge in [-0.15, -0.1) is 0 Å². The van der Waals surface area contributed by atoms with Crippen LogP contribution in [0.4, 0.5) is 0 Å². The number of aliphatic hydroxyl groups is 2. The molecule has 28 heteroatoms. The third-order valence-electron chi connectivity index (χ3n) is 14.5. The van der Waals surface area contributed by atoms with Crippen molar-refractivity contribution in [3.8, 4) is 0 Å². The van der Waals surface area contributed by atoms with E-state index in [4.69, 9.17) is 5.73 Å². The summed E-state index contributed by atoms with van der Waals surface area (Å²) in [6.07, 6.45) is 5.45. The molecule has 83 heavy (non-hydrogen) atoms. The zero-order valence-electron chi connectivity index (χ0n) is 47.7. The molecule has 1 aromatic carbocycles. The second-order valence-corrected chi connectivity index (χ2v) is 22.5. The molecule has 3 aromatic rings. The molecule has 11 atom stereocenters. The smallest absolute Gasteiger partial charge is 0.326 e. The topological polar surface area (TPSA) is 413 Å². The van der Waals surface area contributed by atoms with Gasteiger partial charge in [0.2, 0.25) is 53.2 Å². The minimum Gasteiger partial charge on any atom is -0.480 e. The lowest BCUT2D eigenvalue weighted by Gasteiger charge is -2.30. The number of rotatable bonds is 33. The van der Waals surface area contributed by atoms with Gasteiger partial charge < -0.3 is 83.8 Å². The number of nitrogens with zero attached hydrogens (tertiary/aromatic N) is 2. The van der Waals surface area contributed by atoms with Gasteiger partial charge >= 0.3 is 5.97 Å². The number of benzene rings is 1. The molecule has 27 nitrogen and oxygen atoms in total. The second kappa shape index (κ2) is 32.6. The van der Waals surface area contributed by atoms with Crippen molar-refractivity contribution >= 4 is 82.7 Å². The molecule has 0 radical (unpaired) electrons. The maximum Gasteiger partial charge on any atom is 0.326 e. The second-order valence-electron chi connectivity index (χ2n) is 22.1. The summed E-state index contributed by atoms with van der Waals surface area (Å²) in [6.45, 7) is 8.35. The van der Waals surface area contributed by atoms with Gasteiger partial charge in [-0.25, -0.2) is 9.78 Å². The number of carbonyl (C=O) groups is 10. The number of fused-ring (bicyclic) bond motifs is 1. The molecule has 0 spiro atoms. The first-order valence-electron chi connectivity index (χ1n) is 28.4. The minimum atomic E-state index is -1.79. The highest BCUT2D eigenvalue weighted by molar-refractivity contribution is 7.80. The largest absolute Gasteiger partial charge is 0.480 e. The number of aromatic nitrogens is 3. The van der Waals surface area contributed by atoms with Crippen molar-refractivity contribution < 1.29 is 63.3 Å². The number of carboxylic acids is 1. The van der Waals surface area contributed by atoms with Crippen LogP contribution in [0, 0.1) is 11.8 Å². The van der Waals surface area contributed by atoms with Crippen LogP contribution in [0.1, 0.15) is 104 Å². The third-order valence-corrected chi connectivity index (χ3v) is 14.8. The van der Waals surface area contributed by atoms with Crippen molar-refractivity contribution in [2.24, 2.45) is 17.6 Å². The molecule has 2 fully saturated rings. The summed E-state index contributed by atoms with van der Waals surface area (Å²) in [5.41, 5.74) is 7.64. The van der Waals surface area contributed by atoms with Crippen molar-refractivity contribution in [1.29, 1.82) is 0 Å². The summed E-state index contributed by atoms with van der Waals surface area (Å²) in [5, 5.41) is 55.8. The van der Waals surface area contributed by atoms with Crippen LogP contribution in [0.3, 0.4) is 0 Å². The third kappa shape index (κ3) is 19.7. The fourth-order valence-electron chi connectivity index (χ4n) is 10.1. The number of hydrogen-bond acceptors (Lipinski definition) is 16. The van der Waals surface area contributed by atoms with Gasteiger partial charge in [0.15, 0.2) is 0 Å². The van der Waals surface area contributed by atoms with Crippen molar-refractivity contribution in [2.75, 3.05) is 32.0 Å². The molecule has 0 bridgehead atoms. The van der Waals surface area contributed by atoms with Crippen LogP contribution in [-0.2, 0) is 60.8 Å². The van der Waals surface area contributed by atoms with Gasteiger partial charge in [0.1, 0.15) is 54.4 Å². The number of aliphatic hydroxyl groups excluding tert-OH is 2. The van der Waals surface area contributed by atoms with Crippen molar-refractivity contribution in [3.63, 3.8) is 0 Å². The maximum atomic E-state index is 14.6. The number of nitrogens with two attached hydrogens (primary N) is 1. The lowest BCUT2D eigenvalue weighted by Crippen LogP contribution is -2.62.